The van der Waals surface area contributed by atoms with Crippen LogP contribution in [0.5, 0.6) is 0 Å². The molecule has 0 spiro atoms. The Bertz CT molecular complexity index is 732. The van der Waals surface area contributed by atoms with E-state index < -0.39 is 17.5 Å². The predicted octanol–water partition coefficient (Wildman–Crippen LogP) is 0.570. The van der Waals surface area contributed by atoms with Gasteiger partial charge in [0.05, 0.1) is 0 Å². The van der Waals surface area contributed by atoms with E-state index in [1.54, 1.807) is 19.1 Å². The summed E-state index contributed by atoms with van der Waals surface area (Å²) in [5, 5.41) is 13.6. The average Bonchev–Trinajstić information content (AvgIpc) is 2.35. The van der Waals surface area contributed by atoms with Crippen LogP contribution in [0, 0.1) is 6.92 Å². The number of benzene rings is 1. The molecule has 20 heavy (non-hydrogen) atoms. The van der Waals surface area contributed by atoms with Gasteiger partial charge in [0.1, 0.15) is 5.58 Å². The van der Waals surface area contributed by atoms with E-state index in [-0.39, 0.29) is 12.8 Å². The third kappa shape index (κ3) is 3.23. The molecule has 0 aliphatic heterocycles. The van der Waals surface area contributed by atoms with Gasteiger partial charge in [-0.2, -0.15) is 0 Å². The number of hydrogen-bond donors (Lipinski definition) is 1. The molecule has 1 amide bonds. The number of carboxylic acid groups (broad SMARTS) is 1. The van der Waals surface area contributed by atoms with Crippen molar-refractivity contribution in [1.82, 2.24) is 0 Å². The van der Waals surface area contributed by atoms with Crippen LogP contribution in [0.3, 0.4) is 0 Å². The molecule has 0 atom stereocenters. The van der Waals surface area contributed by atoms with Gasteiger partial charge in [0.25, 0.3) is 0 Å². The highest BCUT2D eigenvalue weighted by Crippen LogP contribution is 2.20. The van der Waals surface area contributed by atoms with Crippen LogP contribution in [0.25, 0.3) is 11.0 Å². The molecule has 2 rings (SSSR count). The van der Waals surface area contributed by atoms with E-state index in [0.717, 1.165) is 10.9 Å². The Labute approximate surface area is 114 Å². The van der Waals surface area contributed by atoms with E-state index in [4.69, 9.17) is 4.42 Å². The second-order valence-electron chi connectivity index (χ2n) is 4.38. The lowest BCUT2D eigenvalue weighted by atomic mass is 10.1. The smallest absolute Gasteiger partial charge is 0.336 e. The minimum absolute atomic E-state index is 0.169. The van der Waals surface area contributed by atoms with Crippen LogP contribution < -0.4 is 16.0 Å². The zero-order valence-electron chi connectivity index (χ0n) is 10.8. The van der Waals surface area contributed by atoms with Crippen molar-refractivity contribution in [3.63, 3.8) is 0 Å². The topological polar surface area (TPSA) is 99.4 Å². The van der Waals surface area contributed by atoms with Gasteiger partial charge in [-0.15, -0.1) is 0 Å². The molecule has 0 saturated carbocycles. The number of anilines is 1. The van der Waals surface area contributed by atoms with Crippen molar-refractivity contribution in [2.24, 2.45) is 0 Å². The van der Waals surface area contributed by atoms with E-state index >= 15 is 0 Å². The summed E-state index contributed by atoms with van der Waals surface area (Å²) < 4.78 is 5.05. The summed E-state index contributed by atoms with van der Waals surface area (Å²) >= 11 is 0. The SMILES string of the molecule is Cc1cc(=O)oc2cc(NC(=O)CCC(=O)[O-])ccc12. The van der Waals surface area contributed by atoms with Crippen LogP contribution in [0.4, 0.5) is 5.69 Å². The molecular weight excluding hydrogens is 262 g/mol. The van der Waals surface area contributed by atoms with Crippen LogP contribution in [0.1, 0.15) is 18.4 Å². The summed E-state index contributed by atoms with van der Waals surface area (Å²) in [4.78, 5) is 33.0. The van der Waals surface area contributed by atoms with Gasteiger partial charge in [-0.25, -0.2) is 4.79 Å². The van der Waals surface area contributed by atoms with Crippen molar-refractivity contribution in [3.8, 4) is 0 Å². The van der Waals surface area contributed by atoms with Crippen molar-refractivity contribution >= 4 is 28.5 Å². The molecule has 0 aliphatic rings. The fourth-order valence-corrected chi connectivity index (χ4v) is 1.84. The van der Waals surface area contributed by atoms with E-state index in [9.17, 15) is 19.5 Å². The monoisotopic (exact) mass is 274 g/mol. The Morgan fingerprint density at radius 2 is 2.00 bits per heavy atom. The molecule has 6 nitrogen and oxygen atoms in total. The van der Waals surface area contributed by atoms with Gasteiger partial charge < -0.3 is 19.6 Å². The summed E-state index contributed by atoms with van der Waals surface area (Å²) in [5.41, 5.74) is 1.13. The molecule has 104 valence electrons. The lowest BCUT2D eigenvalue weighted by molar-refractivity contribution is -0.305. The molecule has 6 heteroatoms. The van der Waals surface area contributed by atoms with Crippen molar-refractivity contribution in [1.29, 1.82) is 0 Å². The van der Waals surface area contributed by atoms with E-state index in [1.165, 1.54) is 12.1 Å². The maximum absolute atomic E-state index is 11.5. The third-order valence-electron chi connectivity index (χ3n) is 2.79. The van der Waals surface area contributed by atoms with Gasteiger partial charge in [0, 0.05) is 35.6 Å². The molecule has 2 aromatic rings. The van der Waals surface area contributed by atoms with Gasteiger partial charge in [-0.05, 0) is 31.0 Å². The van der Waals surface area contributed by atoms with Crippen molar-refractivity contribution in [3.05, 3.63) is 40.2 Å². The highest BCUT2D eigenvalue weighted by molar-refractivity contribution is 5.94. The largest absolute Gasteiger partial charge is 0.550 e. The first-order chi connectivity index (χ1) is 9.45. The first-order valence-corrected chi connectivity index (χ1v) is 6.00. The Morgan fingerprint density at radius 1 is 1.25 bits per heavy atom. The van der Waals surface area contributed by atoms with Crippen LogP contribution in [-0.4, -0.2) is 11.9 Å². The van der Waals surface area contributed by atoms with E-state index in [0.29, 0.717) is 11.3 Å². The maximum Gasteiger partial charge on any atom is 0.336 e. The fraction of sp³-hybridized carbons (Fsp3) is 0.214. The summed E-state index contributed by atoms with van der Waals surface area (Å²) in [6.45, 7) is 1.79. The molecule has 0 saturated heterocycles. The molecule has 0 unspecified atom stereocenters. The summed E-state index contributed by atoms with van der Waals surface area (Å²) in [7, 11) is 0. The molecule has 0 fully saturated rings. The van der Waals surface area contributed by atoms with Crippen LogP contribution in [-0.2, 0) is 9.59 Å². The van der Waals surface area contributed by atoms with E-state index in [2.05, 4.69) is 5.32 Å². The highest BCUT2D eigenvalue weighted by Gasteiger charge is 2.06. The molecule has 1 aromatic heterocycles. The number of fused-ring (bicyclic) bond motifs is 1. The lowest BCUT2D eigenvalue weighted by Gasteiger charge is -2.07. The number of aryl methyl sites for hydroxylation is 1. The molecule has 1 N–H and O–H groups in total. The minimum atomic E-state index is -1.28. The molecular formula is C14H12NO5-. The van der Waals surface area contributed by atoms with Crippen LogP contribution in [0.2, 0.25) is 0 Å². The van der Waals surface area contributed by atoms with Gasteiger partial charge in [-0.1, -0.05) is 0 Å². The number of aliphatic carboxylic acids is 1. The van der Waals surface area contributed by atoms with Gasteiger partial charge in [-0.3, -0.25) is 4.79 Å². The minimum Gasteiger partial charge on any atom is -0.550 e. The Balaban J connectivity index is 2.22. The standard InChI is InChI=1S/C14H13NO5/c1-8-6-14(19)20-11-7-9(2-3-10(8)11)15-12(16)4-5-13(17)18/h2-3,6-7H,4-5H2,1H3,(H,15,16)(H,17,18)/p-1. The number of carbonyl (C=O) groups is 2. The Morgan fingerprint density at radius 3 is 2.70 bits per heavy atom. The zero-order chi connectivity index (χ0) is 14.7. The number of carbonyl (C=O) groups excluding carboxylic acids is 2. The summed E-state index contributed by atoms with van der Waals surface area (Å²) in [6, 6.07) is 6.30. The van der Waals surface area contributed by atoms with E-state index in [1.807, 2.05) is 0 Å². The fourth-order valence-electron chi connectivity index (χ4n) is 1.84. The molecule has 0 bridgehead atoms. The Kier molecular flexibility index (Phi) is 3.84. The van der Waals surface area contributed by atoms with Crippen LogP contribution >= 0.6 is 0 Å². The molecule has 1 heterocycles. The number of nitrogens with one attached hydrogen (secondary N) is 1. The normalized spacial score (nSPS) is 10.4. The zero-order valence-corrected chi connectivity index (χ0v) is 10.8. The lowest BCUT2D eigenvalue weighted by Crippen LogP contribution is -2.24. The van der Waals surface area contributed by atoms with Gasteiger partial charge >= 0.3 is 5.63 Å². The van der Waals surface area contributed by atoms with Crippen molar-refractivity contribution in [2.75, 3.05) is 5.32 Å². The summed E-state index contributed by atoms with van der Waals surface area (Å²) in [6.07, 6.45) is -0.508. The number of hydrogen-bond acceptors (Lipinski definition) is 5. The average molecular weight is 274 g/mol. The quantitative estimate of drug-likeness (QED) is 0.821. The predicted molar refractivity (Wildman–Crippen MR) is 70.1 cm³/mol. The van der Waals surface area contributed by atoms with Crippen molar-refractivity contribution in [2.45, 2.75) is 19.8 Å². The Hall–Kier alpha value is -2.63. The maximum atomic E-state index is 11.5. The van der Waals surface area contributed by atoms with Crippen molar-refractivity contribution < 1.29 is 19.1 Å². The summed E-state index contributed by atoms with van der Waals surface area (Å²) in [5.74, 6) is -1.72. The van der Waals surface area contributed by atoms with Crippen LogP contribution in [0.15, 0.2) is 33.5 Å². The molecule has 0 aliphatic carbocycles. The molecule has 1 aromatic carbocycles. The number of rotatable bonds is 4. The first kappa shape index (κ1) is 13.8. The first-order valence-electron chi connectivity index (χ1n) is 6.00. The molecule has 0 radical (unpaired) electrons. The highest BCUT2D eigenvalue weighted by atomic mass is 16.4. The van der Waals surface area contributed by atoms with Gasteiger partial charge in [0.15, 0.2) is 0 Å². The second-order valence-corrected chi connectivity index (χ2v) is 4.38. The second kappa shape index (κ2) is 5.56. The number of amides is 1. The van der Waals surface area contributed by atoms with Gasteiger partial charge in [0.2, 0.25) is 5.91 Å². The number of carboxylic acids is 1. The third-order valence-corrected chi connectivity index (χ3v) is 2.79.